The van der Waals surface area contributed by atoms with Gasteiger partial charge in [0.15, 0.2) is 0 Å². The van der Waals surface area contributed by atoms with Gasteiger partial charge >= 0.3 is 0 Å². The van der Waals surface area contributed by atoms with Crippen LogP contribution in [0.4, 0.5) is 5.82 Å². The Kier molecular flexibility index (Phi) is 5.07. The summed E-state index contributed by atoms with van der Waals surface area (Å²) >= 11 is 0. The average Bonchev–Trinajstić information content (AvgIpc) is 2.25. The molecule has 0 radical (unpaired) electrons. The fourth-order valence-electron chi connectivity index (χ4n) is 1.14. The molecule has 1 aromatic rings. The predicted octanol–water partition coefficient (Wildman–Crippen LogP) is 1.61. The lowest BCUT2D eigenvalue weighted by molar-refractivity contribution is -0.0115. The quantitative estimate of drug-likeness (QED) is 0.775. The van der Waals surface area contributed by atoms with Gasteiger partial charge in [-0.2, -0.15) is 0 Å². The van der Waals surface area contributed by atoms with Crippen LogP contribution < -0.4 is 5.73 Å². The van der Waals surface area contributed by atoms with Crippen LogP contribution in [0.25, 0.3) is 0 Å². The minimum atomic E-state index is 0.0737. The highest BCUT2D eigenvalue weighted by atomic mass is 16.5. The Labute approximate surface area is 90.4 Å². The molecule has 0 aliphatic carbocycles. The zero-order valence-corrected chi connectivity index (χ0v) is 9.27. The van der Waals surface area contributed by atoms with E-state index in [-0.39, 0.29) is 6.10 Å². The second-order valence-electron chi connectivity index (χ2n) is 3.33. The number of hydrogen-bond acceptors (Lipinski definition) is 4. The van der Waals surface area contributed by atoms with Crippen molar-refractivity contribution in [2.75, 3.05) is 18.9 Å². The fraction of sp³-hybridized carbons (Fsp3) is 0.545. The minimum Gasteiger partial charge on any atom is -0.383 e. The van der Waals surface area contributed by atoms with Crippen LogP contribution in [-0.2, 0) is 16.1 Å². The number of rotatable bonds is 6. The van der Waals surface area contributed by atoms with Crippen molar-refractivity contribution in [1.29, 1.82) is 0 Å². The third-order valence-corrected chi connectivity index (χ3v) is 2.01. The summed E-state index contributed by atoms with van der Waals surface area (Å²) in [5.41, 5.74) is 6.60. The summed E-state index contributed by atoms with van der Waals surface area (Å²) in [5.74, 6) is 0.529. The minimum absolute atomic E-state index is 0.0737. The highest BCUT2D eigenvalue weighted by Crippen LogP contribution is 2.09. The Morgan fingerprint density at radius 2 is 2.33 bits per heavy atom. The molecule has 0 bridgehead atoms. The highest BCUT2D eigenvalue weighted by Gasteiger charge is 2.04. The van der Waals surface area contributed by atoms with Gasteiger partial charge in [0.05, 0.1) is 19.3 Å². The highest BCUT2D eigenvalue weighted by molar-refractivity contribution is 5.37. The molecule has 0 aromatic carbocycles. The van der Waals surface area contributed by atoms with E-state index in [9.17, 15) is 0 Å². The van der Waals surface area contributed by atoms with Crippen molar-refractivity contribution in [3.8, 4) is 0 Å². The number of hydrogen-bond donors (Lipinski definition) is 1. The van der Waals surface area contributed by atoms with Gasteiger partial charge in [0.1, 0.15) is 5.82 Å². The van der Waals surface area contributed by atoms with E-state index < -0.39 is 0 Å². The summed E-state index contributed by atoms with van der Waals surface area (Å²) in [4.78, 5) is 3.99. The molecule has 0 saturated carbocycles. The Morgan fingerprint density at radius 3 is 3.00 bits per heavy atom. The molecule has 84 valence electrons. The lowest BCUT2D eigenvalue weighted by atomic mass is 10.3. The van der Waals surface area contributed by atoms with Gasteiger partial charge in [-0.3, -0.25) is 0 Å². The van der Waals surface area contributed by atoms with Crippen molar-refractivity contribution in [3.63, 3.8) is 0 Å². The van der Waals surface area contributed by atoms with Crippen LogP contribution in [0, 0.1) is 0 Å². The van der Waals surface area contributed by atoms with Gasteiger partial charge in [-0.25, -0.2) is 4.98 Å². The predicted molar refractivity (Wildman–Crippen MR) is 59.4 cm³/mol. The second kappa shape index (κ2) is 6.37. The zero-order valence-electron chi connectivity index (χ0n) is 9.27. The maximum absolute atomic E-state index is 5.68. The molecule has 1 aromatic heterocycles. The second-order valence-corrected chi connectivity index (χ2v) is 3.33. The summed E-state index contributed by atoms with van der Waals surface area (Å²) in [7, 11) is 0. The van der Waals surface area contributed by atoms with E-state index >= 15 is 0 Å². The van der Waals surface area contributed by atoms with Crippen LogP contribution in [0.5, 0.6) is 0 Å². The molecule has 0 aliphatic heterocycles. The van der Waals surface area contributed by atoms with Crippen molar-refractivity contribution in [1.82, 2.24) is 4.98 Å². The Bertz CT molecular complexity index is 292. The lowest BCUT2D eigenvalue weighted by Crippen LogP contribution is -2.16. The largest absolute Gasteiger partial charge is 0.383 e. The van der Waals surface area contributed by atoms with Gasteiger partial charge in [0.2, 0.25) is 0 Å². The number of nitrogens with two attached hydrogens (primary N) is 1. The zero-order chi connectivity index (χ0) is 11.1. The monoisotopic (exact) mass is 210 g/mol. The standard InChI is InChI=1S/C11H18N2O2/c1-3-14-7-9(2)15-8-10-5-4-6-13-11(10)12/h4-6,9H,3,7-8H2,1-2H3,(H2,12,13). The SMILES string of the molecule is CCOCC(C)OCc1cccnc1N. The molecule has 4 nitrogen and oxygen atoms in total. The van der Waals surface area contributed by atoms with Gasteiger partial charge in [0, 0.05) is 18.4 Å². The Balaban J connectivity index is 2.33. The molecule has 1 heterocycles. The normalized spacial score (nSPS) is 12.7. The first-order valence-electron chi connectivity index (χ1n) is 5.12. The average molecular weight is 210 g/mol. The van der Waals surface area contributed by atoms with Crippen molar-refractivity contribution in [3.05, 3.63) is 23.9 Å². The number of nitrogen functional groups attached to an aromatic ring is 1. The molecule has 1 unspecified atom stereocenters. The fourth-order valence-corrected chi connectivity index (χ4v) is 1.14. The molecule has 0 saturated heterocycles. The van der Waals surface area contributed by atoms with Crippen LogP contribution in [0.1, 0.15) is 19.4 Å². The number of ether oxygens (including phenoxy) is 2. The van der Waals surface area contributed by atoms with Crippen LogP contribution >= 0.6 is 0 Å². The topological polar surface area (TPSA) is 57.4 Å². The summed E-state index contributed by atoms with van der Waals surface area (Å²) in [6.45, 7) is 5.74. The summed E-state index contributed by atoms with van der Waals surface area (Å²) < 4.78 is 10.8. The van der Waals surface area contributed by atoms with Gasteiger partial charge < -0.3 is 15.2 Å². The van der Waals surface area contributed by atoms with E-state index in [1.807, 2.05) is 26.0 Å². The lowest BCUT2D eigenvalue weighted by Gasteiger charge is -2.13. The van der Waals surface area contributed by atoms with Crippen LogP contribution in [0.2, 0.25) is 0 Å². The maximum Gasteiger partial charge on any atom is 0.128 e. The molecule has 4 heteroatoms. The molecule has 1 rings (SSSR count). The van der Waals surface area contributed by atoms with Crippen LogP contribution in [0.15, 0.2) is 18.3 Å². The van der Waals surface area contributed by atoms with E-state index in [1.54, 1.807) is 6.20 Å². The Hall–Kier alpha value is -1.13. The summed E-state index contributed by atoms with van der Waals surface area (Å²) in [6.07, 6.45) is 1.74. The first-order valence-corrected chi connectivity index (χ1v) is 5.12. The van der Waals surface area contributed by atoms with Crippen LogP contribution in [0.3, 0.4) is 0 Å². The molecule has 0 amide bonds. The molecule has 15 heavy (non-hydrogen) atoms. The molecular weight excluding hydrogens is 192 g/mol. The van der Waals surface area contributed by atoms with E-state index in [4.69, 9.17) is 15.2 Å². The van der Waals surface area contributed by atoms with Crippen LogP contribution in [-0.4, -0.2) is 24.3 Å². The smallest absolute Gasteiger partial charge is 0.128 e. The number of pyridine rings is 1. The maximum atomic E-state index is 5.68. The van der Waals surface area contributed by atoms with Gasteiger partial charge in [-0.05, 0) is 19.9 Å². The van der Waals surface area contributed by atoms with Gasteiger partial charge in [-0.1, -0.05) is 6.07 Å². The molecular formula is C11H18N2O2. The van der Waals surface area contributed by atoms with E-state index in [0.717, 1.165) is 5.56 Å². The first-order chi connectivity index (χ1) is 7.24. The van der Waals surface area contributed by atoms with E-state index in [0.29, 0.717) is 25.6 Å². The van der Waals surface area contributed by atoms with E-state index in [2.05, 4.69) is 4.98 Å². The van der Waals surface area contributed by atoms with Crippen molar-refractivity contribution in [2.45, 2.75) is 26.6 Å². The number of anilines is 1. The summed E-state index contributed by atoms with van der Waals surface area (Å²) in [5, 5.41) is 0. The molecule has 1 atom stereocenters. The molecule has 0 spiro atoms. The van der Waals surface area contributed by atoms with Crippen molar-refractivity contribution < 1.29 is 9.47 Å². The van der Waals surface area contributed by atoms with E-state index in [1.165, 1.54) is 0 Å². The van der Waals surface area contributed by atoms with Crippen molar-refractivity contribution >= 4 is 5.82 Å². The third kappa shape index (κ3) is 4.27. The first kappa shape index (κ1) is 11.9. The molecule has 0 aliphatic rings. The number of aromatic nitrogens is 1. The molecule has 2 N–H and O–H groups in total. The summed E-state index contributed by atoms with van der Waals surface area (Å²) in [6, 6.07) is 3.76. The third-order valence-electron chi connectivity index (χ3n) is 2.01. The Morgan fingerprint density at radius 1 is 1.53 bits per heavy atom. The van der Waals surface area contributed by atoms with Crippen molar-refractivity contribution in [2.24, 2.45) is 0 Å². The van der Waals surface area contributed by atoms with Gasteiger partial charge in [-0.15, -0.1) is 0 Å². The number of nitrogens with zero attached hydrogens (tertiary/aromatic N) is 1. The molecule has 0 fully saturated rings. The van der Waals surface area contributed by atoms with Gasteiger partial charge in [0.25, 0.3) is 0 Å².